The van der Waals surface area contributed by atoms with E-state index < -0.39 is 28.4 Å². The topological polar surface area (TPSA) is 72.2 Å². The first-order valence-corrected chi connectivity index (χ1v) is 7.34. The van der Waals surface area contributed by atoms with Crippen molar-refractivity contribution in [2.75, 3.05) is 23.8 Å². The molecule has 1 unspecified atom stereocenters. The molecule has 1 aromatic rings. The maximum atomic E-state index is 12.6. The molecule has 1 amide bonds. The van der Waals surface area contributed by atoms with Gasteiger partial charge in [0.15, 0.2) is 0 Å². The number of carbonyl (C=O) groups excluding carboxylic acids is 1. The Bertz CT molecular complexity index is 518. The second kappa shape index (κ2) is 6.74. The predicted molar refractivity (Wildman–Crippen MR) is 71.7 cm³/mol. The number of rotatable bonds is 5. The fourth-order valence-electron chi connectivity index (χ4n) is 1.45. The van der Waals surface area contributed by atoms with Gasteiger partial charge in [0.2, 0.25) is 0 Å². The highest BCUT2D eigenvalue weighted by molar-refractivity contribution is 7.84. The van der Waals surface area contributed by atoms with Crippen LogP contribution in [0.5, 0.6) is 0 Å². The molecule has 0 radical (unpaired) electrons. The Morgan fingerprint density at radius 3 is 2.60 bits per heavy atom. The molecule has 0 aliphatic carbocycles. The van der Waals surface area contributed by atoms with E-state index in [4.69, 9.17) is 5.73 Å². The molecular formula is C12H15F3N2O2S. The quantitative estimate of drug-likeness (QED) is 0.815. The fraction of sp³-hybridized carbons (Fsp3) is 0.417. The molecule has 112 valence electrons. The molecule has 0 bridgehead atoms. The van der Waals surface area contributed by atoms with Crippen LogP contribution in [0.4, 0.5) is 18.9 Å². The Kier molecular flexibility index (Phi) is 5.55. The smallest absolute Gasteiger partial charge is 0.398 e. The van der Waals surface area contributed by atoms with Gasteiger partial charge >= 0.3 is 6.18 Å². The van der Waals surface area contributed by atoms with Crippen molar-refractivity contribution < 1.29 is 22.2 Å². The first-order chi connectivity index (χ1) is 9.25. The summed E-state index contributed by atoms with van der Waals surface area (Å²) in [7, 11) is -1.05. The lowest BCUT2D eigenvalue weighted by atomic mass is 10.1. The van der Waals surface area contributed by atoms with E-state index in [1.807, 2.05) is 0 Å². The van der Waals surface area contributed by atoms with Crippen LogP contribution in [0, 0.1) is 0 Å². The normalized spacial score (nSPS) is 13.0. The minimum absolute atomic E-state index is 0.0351. The third-order valence-corrected chi connectivity index (χ3v) is 3.87. The largest absolute Gasteiger partial charge is 0.416 e. The van der Waals surface area contributed by atoms with E-state index in [0.717, 1.165) is 12.1 Å². The summed E-state index contributed by atoms with van der Waals surface area (Å²) >= 11 is 0. The first kappa shape index (κ1) is 16.5. The number of nitrogens with two attached hydrogens (primary N) is 1. The number of alkyl halides is 3. The zero-order valence-corrected chi connectivity index (χ0v) is 11.6. The molecular weight excluding hydrogens is 293 g/mol. The van der Waals surface area contributed by atoms with Gasteiger partial charge in [-0.3, -0.25) is 9.00 Å². The highest BCUT2D eigenvalue weighted by atomic mass is 32.2. The molecule has 4 nitrogen and oxygen atoms in total. The number of nitrogens with one attached hydrogen (secondary N) is 1. The van der Waals surface area contributed by atoms with Gasteiger partial charge in [0.05, 0.1) is 11.1 Å². The number of benzene rings is 1. The molecule has 20 heavy (non-hydrogen) atoms. The Labute approximate surface area is 117 Å². The molecule has 3 N–H and O–H groups in total. The molecule has 0 fully saturated rings. The highest BCUT2D eigenvalue weighted by Crippen LogP contribution is 2.31. The monoisotopic (exact) mass is 308 g/mol. The molecule has 0 saturated carbocycles. The number of hydrogen-bond acceptors (Lipinski definition) is 3. The van der Waals surface area contributed by atoms with Gasteiger partial charge in [-0.1, -0.05) is 6.92 Å². The van der Waals surface area contributed by atoms with E-state index in [2.05, 4.69) is 5.32 Å². The molecule has 0 spiro atoms. The third kappa shape index (κ3) is 4.52. The summed E-state index contributed by atoms with van der Waals surface area (Å²) in [5, 5.41) is 2.40. The minimum Gasteiger partial charge on any atom is -0.398 e. The summed E-state index contributed by atoms with van der Waals surface area (Å²) in [6.07, 6.45) is -4.54. The lowest BCUT2D eigenvalue weighted by molar-refractivity contribution is -0.137. The van der Waals surface area contributed by atoms with Crippen LogP contribution >= 0.6 is 0 Å². The second-order valence-corrected chi connectivity index (χ2v) is 5.85. The van der Waals surface area contributed by atoms with Crippen LogP contribution < -0.4 is 11.1 Å². The molecule has 0 aromatic heterocycles. The van der Waals surface area contributed by atoms with E-state index in [1.165, 1.54) is 0 Å². The van der Waals surface area contributed by atoms with Gasteiger partial charge < -0.3 is 11.1 Å². The van der Waals surface area contributed by atoms with Crippen molar-refractivity contribution in [2.45, 2.75) is 13.1 Å². The highest BCUT2D eigenvalue weighted by Gasteiger charge is 2.31. The molecule has 0 saturated heterocycles. The Balaban J connectivity index is 2.79. The number of amides is 1. The number of halogens is 3. The minimum atomic E-state index is -4.54. The van der Waals surface area contributed by atoms with Crippen molar-refractivity contribution in [3.8, 4) is 0 Å². The molecule has 0 heterocycles. The van der Waals surface area contributed by atoms with Crippen molar-refractivity contribution in [3.05, 3.63) is 29.3 Å². The Hall–Kier alpha value is -1.57. The van der Waals surface area contributed by atoms with Crippen molar-refractivity contribution in [3.63, 3.8) is 0 Å². The molecule has 1 aromatic carbocycles. The van der Waals surface area contributed by atoms with E-state index in [1.54, 1.807) is 6.92 Å². The second-order valence-electron chi connectivity index (χ2n) is 3.99. The van der Waals surface area contributed by atoms with Crippen LogP contribution in [0.15, 0.2) is 18.2 Å². The maximum Gasteiger partial charge on any atom is 0.416 e. The number of anilines is 1. The van der Waals surface area contributed by atoms with Crippen LogP contribution in [0.1, 0.15) is 22.8 Å². The fourth-order valence-corrected chi connectivity index (χ4v) is 2.07. The summed E-state index contributed by atoms with van der Waals surface area (Å²) in [6, 6.07) is 2.57. The van der Waals surface area contributed by atoms with E-state index in [9.17, 15) is 22.2 Å². The predicted octanol–water partition coefficient (Wildman–Crippen LogP) is 1.79. The summed E-state index contributed by atoms with van der Waals surface area (Å²) in [5.41, 5.74) is 4.30. The SMILES string of the molecule is CCS(=O)CCNC(=O)c1cc(C(F)(F)F)ccc1N. The van der Waals surface area contributed by atoms with Gasteiger partial charge in [-0.15, -0.1) is 0 Å². The van der Waals surface area contributed by atoms with Crippen LogP contribution in [0.2, 0.25) is 0 Å². The van der Waals surface area contributed by atoms with Crippen LogP contribution in [-0.4, -0.2) is 28.2 Å². The molecule has 1 atom stereocenters. The van der Waals surface area contributed by atoms with Crippen molar-refractivity contribution in [1.82, 2.24) is 5.32 Å². The van der Waals surface area contributed by atoms with Crippen molar-refractivity contribution in [1.29, 1.82) is 0 Å². The van der Waals surface area contributed by atoms with Gasteiger partial charge in [-0.05, 0) is 18.2 Å². The average molecular weight is 308 g/mol. The maximum absolute atomic E-state index is 12.6. The van der Waals surface area contributed by atoms with Gasteiger partial charge in [0.25, 0.3) is 5.91 Å². The molecule has 0 aliphatic heterocycles. The summed E-state index contributed by atoms with van der Waals surface area (Å²) in [5.74, 6) is 0.00423. The molecule has 1 rings (SSSR count). The summed E-state index contributed by atoms with van der Waals surface area (Å²) in [6.45, 7) is 1.86. The Morgan fingerprint density at radius 1 is 1.40 bits per heavy atom. The van der Waals surface area contributed by atoms with E-state index >= 15 is 0 Å². The van der Waals surface area contributed by atoms with Crippen LogP contribution in [0.3, 0.4) is 0 Å². The summed E-state index contributed by atoms with van der Waals surface area (Å²) in [4.78, 5) is 11.8. The van der Waals surface area contributed by atoms with Gasteiger partial charge in [0, 0.05) is 34.5 Å². The van der Waals surface area contributed by atoms with E-state index in [0.29, 0.717) is 11.8 Å². The van der Waals surface area contributed by atoms with Crippen molar-refractivity contribution in [2.24, 2.45) is 0 Å². The lowest BCUT2D eigenvalue weighted by Crippen LogP contribution is -2.29. The van der Waals surface area contributed by atoms with Gasteiger partial charge in [0.1, 0.15) is 0 Å². The number of carbonyl (C=O) groups is 1. The zero-order valence-electron chi connectivity index (χ0n) is 10.8. The third-order valence-electron chi connectivity index (χ3n) is 2.56. The number of hydrogen-bond donors (Lipinski definition) is 2. The van der Waals surface area contributed by atoms with Crippen LogP contribution in [-0.2, 0) is 17.0 Å². The summed E-state index contributed by atoms with van der Waals surface area (Å²) < 4.78 is 48.8. The Morgan fingerprint density at radius 2 is 2.05 bits per heavy atom. The van der Waals surface area contributed by atoms with Gasteiger partial charge in [-0.25, -0.2) is 0 Å². The zero-order chi connectivity index (χ0) is 15.3. The van der Waals surface area contributed by atoms with Crippen molar-refractivity contribution >= 4 is 22.4 Å². The lowest BCUT2D eigenvalue weighted by Gasteiger charge is -2.11. The number of nitrogen functional groups attached to an aromatic ring is 1. The van der Waals surface area contributed by atoms with E-state index in [-0.39, 0.29) is 23.5 Å². The molecule has 0 aliphatic rings. The van der Waals surface area contributed by atoms with Gasteiger partial charge in [-0.2, -0.15) is 13.2 Å². The first-order valence-electron chi connectivity index (χ1n) is 5.85. The standard InChI is InChI=1S/C12H15F3N2O2S/c1-2-20(19)6-5-17-11(18)9-7-8(12(13,14)15)3-4-10(9)16/h3-4,7H,2,5-6,16H2,1H3,(H,17,18). The van der Waals surface area contributed by atoms with Crippen LogP contribution in [0.25, 0.3) is 0 Å². The molecule has 8 heteroatoms. The average Bonchev–Trinajstić information content (AvgIpc) is 2.37.